The van der Waals surface area contributed by atoms with Crippen LogP contribution in [0.4, 0.5) is 5.69 Å². The summed E-state index contributed by atoms with van der Waals surface area (Å²) in [6, 6.07) is 10.2. The highest BCUT2D eigenvalue weighted by molar-refractivity contribution is 6.02. The first kappa shape index (κ1) is 21.5. The van der Waals surface area contributed by atoms with Crippen LogP contribution in [0.2, 0.25) is 0 Å². The van der Waals surface area contributed by atoms with Gasteiger partial charge < -0.3 is 20.1 Å². The minimum absolute atomic E-state index is 0. The Balaban J connectivity index is 0.00000216. The third kappa shape index (κ3) is 3.27. The molecule has 0 radical (unpaired) electrons. The van der Waals surface area contributed by atoms with E-state index in [0.29, 0.717) is 12.5 Å². The highest BCUT2D eigenvalue weighted by atomic mass is 35.5. The molecule has 1 amide bonds. The predicted octanol–water partition coefficient (Wildman–Crippen LogP) is 3.10. The quantitative estimate of drug-likeness (QED) is 0.747. The van der Waals surface area contributed by atoms with Crippen molar-refractivity contribution < 1.29 is 9.59 Å². The highest BCUT2D eigenvalue weighted by Gasteiger charge is 2.50. The van der Waals surface area contributed by atoms with E-state index in [1.807, 2.05) is 18.2 Å². The summed E-state index contributed by atoms with van der Waals surface area (Å²) >= 11 is 0. The zero-order valence-electron chi connectivity index (χ0n) is 18.4. The number of rotatable bonds is 3. The number of ketones is 1. The average Bonchev–Trinajstić information content (AvgIpc) is 3.47. The van der Waals surface area contributed by atoms with E-state index < -0.39 is 5.54 Å². The number of anilines is 1. The van der Waals surface area contributed by atoms with Gasteiger partial charge in [0.05, 0.1) is 6.67 Å². The summed E-state index contributed by atoms with van der Waals surface area (Å²) < 4.78 is 0. The van der Waals surface area contributed by atoms with E-state index >= 15 is 0 Å². The molecule has 3 heterocycles. The fourth-order valence-corrected chi connectivity index (χ4v) is 6.35. The Morgan fingerprint density at radius 2 is 1.78 bits per heavy atom. The van der Waals surface area contributed by atoms with Crippen LogP contribution in [0.25, 0.3) is 0 Å². The number of carbonyl (C=O) groups excluding carboxylic acids is 2. The van der Waals surface area contributed by atoms with Crippen LogP contribution in [0.15, 0.2) is 30.3 Å². The minimum Gasteiger partial charge on any atom is -0.361 e. The molecule has 7 heteroatoms. The third-order valence-corrected chi connectivity index (χ3v) is 8.05. The van der Waals surface area contributed by atoms with E-state index in [1.165, 1.54) is 23.4 Å². The number of hydrogen-bond donors (Lipinski definition) is 2. The van der Waals surface area contributed by atoms with Gasteiger partial charge in [0.1, 0.15) is 5.54 Å². The van der Waals surface area contributed by atoms with Crippen LogP contribution in [0, 0.1) is 5.92 Å². The fraction of sp³-hybridized carbons (Fsp3) is 0.520. The minimum atomic E-state index is -0.455. The van der Waals surface area contributed by atoms with Crippen molar-refractivity contribution in [2.45, 2.75) is 50.5 Å². The van der Waals surface area contributed by atoms with Crippen molar-refractivity contribution in [2.75, 3.05) is 31.2 Å². The summed E-state index contributed by atoms with van der Waals surface area (Å²) in [5.74, 6) is 0.590. The molecule has 6 nitrogen and oxygen atoms in total. The van der Waals surface area contributed by atoms with Gasteiger partial charge in [-0.2, -0.15) is 0 Å². The zero-order valence-corrected chi connectivity index (χ0v) is 19.2. The molecule has 1 spiro atoms. The lowest BCUT2D eigenvalue weighted by molar-refractivity contribution is -0.125. The smallest absolute Gasteiger partial charge is 0.247 e. The molecule has 2 aliphatic carbocycles. The molecular formula is C25H31ClN4O2. The lowest BCUT2D eigenvalue weighted by Crippen LogP contribution is -2.57. The summed E-state index contributed by atoms with van der Waals surface area (Å²) in [4.78, 5) is 34.4. The molecule has 1 unspecified atom stereocenters. The molecule has 32 heavy (non-hydrogen) atoms. The van der Waals surface area contributed by atoms with Crippen molar-refractivity contribution in [3.8, 4) is 0 Å². The molecule has 2 N–H and O–H groups in total. The van der Waals surface area contributed by atoms with Gasteiger partial charge in [-0.1, -0.05) is 18.2 Å². The Morgan fingerprint density at radius 3 is 2.56 bits per heavy atom. The van der Waals surface area contributed by atoms with Gasteiger partial charge in [-0.3, -0.25) is 9.59 Å². The second-order valence-corrected chi connectivity index (χ2v) is 9.65. The number of hydrogen-bond acceptors (Lipinski definition) is 4. The van der Waals surface area contributed by atoms with Crippen LogP contribution >= 0.6 is 12.4 Å². The molecule has 2 aliphatic heterocycles. The van der Waals surface area contributed by atoms with Crippen LogP contribution in [0.3, 0.4) is 0 Å². The number of amides is 1. The number of aromatic amines is 1. The number of nitrogens with one attached hydrogen (secondary N) is 2. The number of fused-ring (bicyclic) bond motifs is 3. The molecule has 2 saturated heterocycles. The molecule has 2 fully saturated rings. The Labute approximate surface area is 195 Å². The van der Waals surface area contributed by atoms with Gasteiger partial charge in [0.2, 0.25) is 5.91 Å². The fourth-order valence-electron chi connectivity index (χ4n) is 6.35. The van der Waals surface area contributed by atoms with E-state index in [9.17, 15) is 9.59 Å². The van der Waals surface area contributed by atoms with E-state index in [0.717, 1.165) is 69.4 Å². The van der Waals surface area contributed by atoms with Crippen molar-refractivity contribution in [1.29, 1.82) is 0 Å². The summed E-state index contributed by atoms with van der Waals surface area (Å²) in [6.07, 6.45) is 6.84. The first-order valence-corrected chi connectivity index (χ1v) is 11.8. The van der Waals surface area contributed by atoms with Crippen molar-refractivity contribution >= 4 is 29.8 Å². The number of nitrogens with zero attached hydrogens (tertiary/aromatic N) is 2. The first-order chi connectivity index (χ1) is 15.2. The number of H-pyrrole nitrogens is 1. The lowest BCUT2D eigenvalue weighted by atomic mass is 9.82. The zero-order chi connectivity index (χ0) is 21.0. The molecule has 0 saturated carbocycles. The first-order valence-electron chi connectivity index (χ1n) is 11.8. The number of carbonyl (C=O) groups is 2. The standard InChI is InChI=1S/C25H30N4O2.ClH/c30-23-17(9-10-21-22(23)19-7-4-8-20(19)27-21)15-28-13-11-25(12-14-28)24(31)26-16-29(25)18-5-2-1-3-6-18;/h1-3,5-6,17,27H,4,7-16H2,(H,26,31);1H. The van der Waals surface area contributed by atoms with E-state index in [1.54, 1.807) is 0 Å². The van der Waals surface area contributed by atoms with Crippen LogP contribution in [-0.2, 0) is 24.1 Å². The molecule has 6 rings (SSSR count). The van der Waals surface area contributed by atoms with E-state index in [2.05, 4.69) is 32.2 Å². The highest BCUT2D eigenvalue weighted by Crippen LogP contribution is 2.38. The normalized spacial score (nSPS) is 24.2. The number of likely N-dealkylation sites (tertiary alicyclic amines) is 1. The summed E-state index contributed by atoms with van der Waals surface area (Å²) in [7, 11) is 0. The van der Waals surface area contributed by atoms with Crippen molar-refractivity contribution in [3.05, 3.63) is 52.8 Å². The molecule has 1 aromatic heterocycles. The summed E-state index contributed by atoms with van der Waals surface area (Å²) in [5.41, 5.74) is 5.48. The maximum Gasteiger partial charge on any atom is 0.247 e. The molecule has 170 valence electrons. The molecular weight excluding hydrogens is 424 g/mol. The summed E-state index contributed by atoms with van der Waals surface area (Å²) in [6.45, 7) is 3.11. The topological polar surface area (TPSA) is 68.4 Å². The number of para-hydroxylation sites is 1. The number of benzene rings is 1. The van der Waals surface area contributed by atoms with Gasteiger partial charge in [0.25, 0.3) is 0 Å². The molecule has 1 atom stereocenters. The second-order valence-electron chi connectivity index (χ2n) is 9.65. The van der Waals surface area contributed by atoms with Crippen LogP contribution in [0.1, 0.15) is 53.0 Å². The Hall–Kier alpha value is -2.31. The Kier molecular flexibility index (Phi) is 5.54. The number of aryl methyl sites for hydroxylation is 2. The Morgan fingerprint density at radius 1 is 1.00 bits per heavy atom. The lowest BCUT2D eigenvalue weighted by Gasteiger charge is -2.44. The van der Waals surface area contributed by atoms with Crippen LogP contribution < -0.4 is 10.2 Å². The number of halogens is 1. The number of aromatic nitrogens is 1. The van der Waals surface area contributed by atoms with Gasteiger partial charge in [-0.25, -0.2) is 0 Å². The van der Waals surface area contributed by atoms with Gasteiger partial charge >= 0.3 is 0 Å². The Bertz CT molecular complexity index is 1030. The van der Waals surface area contributed by atoms with Crippen molar-refractivity contribution in [3.63, 3.8) is 0 Å². The molecule has 2 aromatic rings. The average molecular weight is 455 g/mol. The number of Topliss-reactive ketones (excluding diaryl/α,β-unsaturated/α-hetero) is 1. The maximum absolute atomic E-state index is 13.3. The van der Waals surface area contributed by atoms with Gasteiger partial charge in [-0.05, 0) is 62.6 Å². The summed E-state index contributed by atoms with van der Waals surface area (Å²) in [5, 5.41) is 3.07. The van der Waals surface area contributed by atoms with Crippen molar-refractivity contribution in [2.24, 2.45) is 5.92 Å². The maximum atomic E-state index is 13.3. The monoisotopic (exact) mass is 454 g/mol. The number of piperidine rings is 1. The molecule has 1 aromatic carbocycles. The van der Waals surface area contributed by atoms with E-state index in [4.69, 9.17) is 0 Å². The SMILES string of the molecule is Cl.O=C1c2c([nH]c3c2CCC3)CCC1CN1CCC2(CC1)C(=O)NCN2c1ccccc1. The largest absolute Gasteiger partial charge is 0.361 e. The van der Waals surface area contributed by atoms with Gasteiger partial charge in [0.15, 0.2) is 5.78 Å². The predicted molar refractivity (Wildman–Crippen MR) is 127 cm³/mol. The molecule has 0 bridgehead atoms. The second kappa shape index (κ2) is 8.23. The van der Waals surface area contributed by atoms with Crippen LogP contribution in [-0.4, -0.2) is 53.4 Å². The third-order valence-electron chi connectivity index (χ3n) is 8.05. The van der Waals surface area contributed by atoms with Gasteiger partial charge in [-0.15, -0.1) is 12.4 Å². The van der Waals surface area contributed by atoms with Gasteiger partial charge in [0, 0.05) is 48.2 Å². The van der Waals surface area contributed by atoms with Crippen LogP contribution in [0.5, 0.6) is 0 Å². The molecule has 4 aliphatic rings. The van der Waals surface area contributed by atoms with Crippen molar-refractivity contribution in [1.82, 2.24) is 15.2 Å². The van der Waals surface area contributed by atoms with E-state index in [-0.39, 0.29) is 24.2 Å².